The third-order valence-electron chi connectivity index (χ3n) is 4.00. The van der Waals surface area contributed by atoms with Crippen molar-refractivity contribution in [3.8, 4) is 17.6 Å². The van der Waals surface area contributed by atoms with Crippen LogP contribution in [0.2, 0.25) is 0 Å². The molecule has 1 aliphatic heterocycles. The number of methoxy groups -OCH3 is 1. The molecule has 28 heavy (non-hydrogen) atoms. The van der Waals surface area contributed by atoms with Crippen LogP contribution in [0, 0.1) is 21.4 Å². The second kappa shape index (κ2) is 7.63. The number of fused-ring (bicyclic) bond motifs is 1. The Labute approximate surface area is 159 Å². The van der Waals surface area contributed by atoms with Gasteiger partial charge in [0.15, 0.2) is 6.61 Å². The normalized spacial score (nSPS) is 12.4. The molecule has 2 aromatic rings. The molecule has 2 amide bonds. The third kappa shape index (κ3) is 3.68. The van der Waals surface area contributed by atoms with Gasteiger partial charge < -0.3 is 14.8 Å². The summed E-state index contributed by atoms with van der Waals surface area (Å²) in [5.41, 5.74) is 0.496. The molecule has 0 fully saturated rings. The predicted molar refractivity (Wildman–Crippen MR) is 97.3 cm³/mol. The van der Waals surface area contributed by atoms with Gasteiger partial charge in [-0.15, -0.1) is 0 Å². The van der Waals surface area contributed by atoms with E-state index in [1.807, 2.05) is 6.07 Å². The molecule has 0 unspecified atom stereocenters. The number of nitrogens with one attached hydrogen (secondary N) is 1. The Morgan fingerprint density at radius 3 is 2.86 bits per heavy atom. The van der Waals surface area contributed by atoms with E-state index in [4.69, 9.17) is 14.7 Å². The standard InChI is InChI=1S/C18H14N4O6/c1-27-15-4-2-11(8-19)6-13(15)20-17(23)9-21-14-7-12(22(25)26)3-5-16(14)28-10-18(21)24/h2-7H,9-10H2,1H3,(H,20,23). The fourth-order valence-electron chi connectivity index (χ4n) is 2.69. The van der Waals surface area contributed by atoms with Crippen molar-refractivity contribution in [1.82, 2.24) is 0 Å². The first-order valence-corrected chi connectivity index (χ1v) is 8.02. The lowest BCUT2D eigenvalue weighted by Gasteiger charge is -2.28. The molecule has 0 spiro atoms. The van der Waals surface area contributed by atoms with Gasteiger partial charge in [0.2, 0.25) is 5.91 Å². The van der Waals surface area contributed by atoms with Crippen LogP contribution in [0.5, 0.6) is 11.5 Å². The first-order valence-electron chi connectivity index (χ1n) is 8.02. The number of carbonyl (C=O) groups is 2. The number of rotatable bonds is 5. The smallest absolute Gasteiger partial charge is 0.271 e. The molecule has 0 aromatic heterocycles. The minimum atomic E-state index is -0.601. The van der Waals surface area contributed by atoms with Gasteiger partial charge in [-0.25, -0.2) is 0 Å². The first kappa shape index (κ1) is 18.7. The van der Waals surface area contributed by atoms with E-state index in [1.54, 1.807) is 0 Å². The molecule has 0 atom stereocenters. The molecule has 2 aromatic carbocycles. The number of non-ortho nitro benzene ring substituents is 1. The number of benzene rings is 2. The molecule has 10 heteroatoms. The highest BCUT2D eigenvalue weighted by Gasteiger charge is 2.29. The summed E-state index contributed by atoms with van der Waals surface area (Å²) in [6, 6.07) is 10.3. The van der Waals surface area contributed by atoms with Crippen LogP contribution in [0.25, 0.3) is 0 Å². The summed E-state index contributed by atoms with van der Waals surface area (Å²) in [6.45, 7) is -0.679. The van der Waals surface area contributed by atoms with Crippen LogP contribution in [0.4, 0.5) is 17.1 Å². The molecule has 0 bridgehead atoms. The van der Waals surface area contributed by atoms with E-state index in [-0.39, 0.29) is 29.4 Å². The molecular formula is C18H14N4O6. The third-order valence-corrected chi connectivity index (χ3v) is 4.00. The summed E-state index contributed by atoms with van der Waals surface area (Å²) in [6.07, 6.45) is 0. The highest BCUT2D eigenvalue weighted by atomic mass is 16.6. The summed E-state index contributed by atoms with van der Waals surface area (Å²) in [7, 11) is 1.41. The Kier molecular flexibility index (Phi) is 5.08. The van der Waals surface area contributed by atoms with E-state index >= 15 is 0 Å². The molecule has 0 radical (unpaired) electrons. The molecule has 0 aliphatic carbocycles. The minimum absolute atomic E-state index is 0.137. The lowest BCUT2D eigenvalue weighted by atomic mass is 10.2. The number of hydrogen-bond acceptors (Lipinski definition) is 7. The first-order chi connectivity index (χ1) is 13.4. The van der Waals surface area contributed by atoms with Crippen molar-refractivity contribution >= 4 is 28.9 Å². The van der Waals surface area contributed by atoms with Crippen LogP contribution in [-0.2, 0) is 9.59 Å². The highest BCUT2D eigenvalue weighted by Crippen LogP contribution is 2.35. The molecule has 1 aliphatic rings. The summed E-state index contributed by atoms with van der Waals surface area (Å²) in [5.74, 6) is -0.472. The Balaban J connectivity index is 1.85. The summed E-state index contributed by atoms with van der Waals surface area (Å²) < 4.78 is 10.4. The zero-order chi connectivity index (χ0) is 20.3. The average Bonchev–Trinajstić information content (AvgIpc) is 2.69. The van der Waals surface area contributed by atoms with Crippen LogP contribution in [-0.4, -0.2) is 37.0 Å². The van der Waals surface area contributed by atoms with E-state index in [0.29, 0.717) is 11.3 Å². The number of nitro benzene ring substituents is 1. The molecule has 1 N–H and O–H groups in total. The van der Waals surface area contributed by atoms with Crippen molar-refractivity contribution in [2.75, 3.05) is 30.5 Å². The van der Waals surface area contributed by atoms with Gasteiger partial charge in [0, 0.05) is 12.1 Å². The van der Waals surface area contributed by atoms with E-state index < -0.39 is 23.3 Å². The summed E-state index contributed by atoms with van der Waals surface area (Å²) in [5, 5.41) is 22.6. The van der Waals surface area contributed by atoms with Crippen molar-refractivity contribution in [3.63, 3.8) is 0 Å². The quantitative estimate of drug-likeness (QED) is 0.616. The van der Waals surface area contributed by atoms with Gasteiger partial charge in [0.25, 0.3) is 11.6 Å². The molecule has 0 saturated carbocycles. The Morgan fingerprint density at radius 1 is 1.39 bits per heavy atom. The van der Waals surface area contributed by atoms with Crippen LogP contribution < -0.4 is 19.7 Å². The number of nitro groups is 1. The molecular weight excluding hydrogens is 368 g/mol. The number of ether oxygens (including phenoxy) is 2. The number of anilines is 2. The number of carbonyl (C=O) groups excluding carboxylic acids is 2. The zero-order valence-corrected chi connectivity index (χ0v) is 14.7. The van der Waals surface area contributed by atoms with E-state index in [9.17, 15) is 19.7 Å². The maximum Gasteiger partial charge on any atom is 0.271 e. The SMILES string of the molecule is COc1ccc(C#N)cc1NC(=O)CN1C(=O)COc2ccc([N+](=O)[O-])cc21. The van der Waals surface area contributed by atoms with Crippen molar-refractivity contribution in [3.05, 3.63) is 52.1 Å². The topological polar surface area (TPSA) is 135 Å². The maximum absolute atomic E-state index is 12.5. The van der Waals surface area contributed by atoms with Gasteiger partial charge >= 0.3 is 0 Å². The number of nitriles is 1. The van der Waals surface area contributed by atoms with Crippen LogP contribution >= 0.6 is 0 Å². The largest absolute Gasteiger partial charge is 0.495 e. The van der Waals surface area contributed by atoms with Gasteiger partial charge in [-0.3, -0.25) is 24.6 Å². The lowest BCUT2D eigenvalue weighted by molar-refractivity contribution is -0.384. The minimum Gasteiger partial charge on any atom is -0.495 e. The molecule has 142 valence electrons. The Hall–Kier alpha value is -4.13. The van der Waals surface area contributed by atoms with E-state index in [2.05, 4.69) is 5.32 Å². The van der Waals surface area contributed by atoms with E-state index in [1.165, 1.54) is 43.5 Å². The second-order valence-corrected chi connectivity index (χ2v) is 5.75. The van der Waals surface area contributed by atoms with Gasteiger partial charge in [-0.05, 0) is 24.3 Å². The highest BCUT2D eigenvalue weighted by molar-refractivity contribution is 6.05. The van der Waals surface area contributed by atoms with Gasteiger partial charge in [0.1, 0.15) is 18.0 Å². The van der Waals surface area contributed by atoms with Crippen molar-refractivity contribution < 1.29 is 24.0 Å². The second-order valence-electron chi connectivity index (χ2n) is 5.75. The fraction of sp³-hybridized carbons (Fsp3) is 0.167. The number of nitrogens with zero attached hydrogens (tertiary/aromatic N) is 3. The molecule has 1 heterocycles. The van der Waals surface area contributed by atoms with Crippen LogP contribution in [0.3, 0.4) is 0 Å². The van der Waals surface area contributed by atoms with Gasteiger partial charge in [0.05, 0.1) is 35.0 Å². The lowest BCUT2D eigenvalue weighted by Crippen LogP contribution is -2.43. The van der Waals surface area contributed by atoms with Crippen molar-refractivity contribution in [2.45, 2.75) is 0 Å². The summed E-state index contributed by atoms with van der Waals surface area (Å²) >= 11 is 0. The predicted octanol–water partition coefficient (Wildman–Crippen LogP) is 1.84. The number of amides is 2. The Morgan fingerprint density at radius 2 is 2.18 bits per heavy atom. The van der Waals surface area contributed by atoms with Crippen molar-refractivity contribution in [1.29, 1.82) is 5.26 Å². The average molecular weight is 382 g/mol. The number of hydrogen-bond donors (Lipinski definition) is 1. The fourth-order valence-corrected chi connectivity index (χ4v) is 2.69. The zero-order valence-electron chi connectivity index (χ0n) is 14.7. The van der Waals surface area contributed by atoms with Gasteiger partial charge in [-0.2, -0.15) is 5.26 Å². The molecule has 10 nitrogen and oxygen atoms in total. The maximum atomic E-state index is 12.5. The van der Waals surface area contributed by atoms with Crippen molar-refractivity contribution in [2.24, 2.45) is 0 Å². The monoisotopic (exact) mass is 382 g/mol. The van der Waals surface area contributed by atoms with Crippen LogP contribution in [0.15, 0.2) is 36.4 Å². The van der Waals surface area contributed by atoms with Crippen LogP contribution in [0.1, 0.15) is 5.56 Å². The van der Waals surface area contributed by atoms with E-state index in [0.717, 1.165) is 4.90 Å². The molecule has 0 saturated heterocycles. The summed E-state index contributed by atoms with van der Waals surface area (Å²) in [4.78, 5) is 36.3. The Bertz CT molecular complexity index is 1010. The van der Waals surface area contributed by atoms with Gasteiger partial charge in [-0.1, -0.05) is 0 Å². The molecule has 3 rings (SSSR count).